The van der Waals surface area contributed by atoms with Gasteiger partial charge in [0.15, 0.2) is 0 Å². The van der Waals surface area contributed by atoms with Gasteiger partial charge in [-0.2, -0.15) is 0 Å². The summed E-state index contributed by atoms with van der Waals surface area (Å²) in [5, 5.41) is 2.92. The van der Waals surface area contributed by atoms with Crippen molar-refractivity contribution in [2.24, 2.45) is 5.92 Å². The molecule has 4 saturated heterocycles. The van der Waals surface area contributed by atoms with E-state index < -0.39 is 5.54 Å². The van der Waals surface area contributed by atoms with Crippen molar-refractivity contribution in [3.05, 3.63) is 0 Å². The van der Waals surface area contributed by atoms with E-state index in [9.17, 15) is 9.59 Å². The van der Waals surface area contributed by atoms with Gasteiger partial charge in [0, 0.05) is 25.6 Å². The third-order valence-electron chi connectivity index (χ3n) is 5.46. The first-order valence-corrected chi connectivity index (χ1v) is 7.88. The number of carbonyl (C=O) groups is 2. The lowest BCUT2D eigenvalue weighted by atomic mass is 9.82. The molecule has 4 rings (SSSR count). The molecular weight excluding hydrogens is 254 g/mol. The lowest BCUT2D eigenvalue weighted by Gasteiger charge is -2.49. The third-order valence-corrected chi connectivity index (χ3v) is 5.46. The van der Waals surface area contributed by atoms with E-state index in [4.69, 9.17) is 0 Å². The highest BCUT2D eigenvalue weighted by Crippen LogP contribution is 2.33. The first kappa shape index (κ1) is 13.9. The van der Waals surface area contributed by atoms with Crippen LogP contribution in [0.5, 0.6) is 0 Å². The zero-order chi connectivity index (χ0) is 14.3. The van der Waals surface area contributed by atoms with Crippen LogP contribution in [0.4, 0.5) is 0 Å². The second-order valence-corrected chi connectivity index (χ2v) is 6.69. The number of nitrogens with one attached hydrogen (secondary N) is 1. The Balaban J connectivity index is 1.84. The van der Waals surface area contributed by atoms with Gasteiger partial charge in [-0.3, -0.25) is 9.59 Å². The van der Waals surface area contributed by atoms with Gasteiger partial charge < -0.3 is 15.1 Å². The highest BCUT2D eigenvalue weighted by Gasteiger charge is 2.45. The molecule has 0 aromatic carbocycles. The molecule has 112 valence electrons. The van der Waals surface area contributed by atoms with Gasteiger partial charge in [-0.25, -0.2) is 0 Å². The Morgan fingerprint density at radius 1 is 1.25 bits per heavy atom. The molecule has 0 spiro atoms. The number of hydrogen-bond acceptors (Lipinski definition) is 3. The van der Waals surface area contributed by atoms with Crippen molar-refractivity contribution in [3.8, 4) is 0 Å². The fourth-order valence-electron chi connectivity index (χ4n) is 3.91. The summed E-state index contributed by atoms with van der Waals surface area (Å²) in [6, 6.07) is 0.309. The molecule has 20 heavy (non-hydrogen) atoms. The van der Waals surface area contributed by atoms with E-state index >= 15 is 0 Å². The maximum atomic E-state index is 12.9. The van der Waals surface area contributed by atoms with Crippen molar-refractivity contribution in [2.75, 3.05) is 26.2 Å². The molecule has 0 saturated carbocycles. The maximum absolute atomic E-state index is 12.9. The van der Waals surface area contributed by atoms with E-state index in [1.165, 1.54) is 25.9 Å². The van der Waals surface area contributed by atoms with Gasteiger partial charge in [0.2, 0.25) is 11.8 Å². The van der Waals surface area contributed by atoms with E-state index in [1.807, 2.05) is 18.7 Å². The van der Waals surface area contributed by atoms with E-state index in [2.05, 4.69) is 10.2 Å². The number of nitrogens with zero attached hydrogens (tertiary/aromatic N) is 2. The number of fused-ring (bicyclic) bond motifs is 3. The quantitative estimate of drug-likeness (QED) is 0.805. The van der Waals surface area contributed by atoms with E-state index in [0.29, 0.717) is 31.3 Å². The molecule has 4 heterocycles. The molecule has 2 amide bonds. The minimum absolute atomic E-state index is 0.00600. The van der Waals surface area contributed by atoms with Crippen LogP contribution in [-0.2, 0) is 9.59 Å². The van der Waals surface area contributed by atoms with Crippen LogP contribution in [0.3, 0.4) is 0 Å². The molecule has 0 aromatic heterocycles. The Kier molecular flexibility index (Phi) is 3.48. The highest BCUT2D eigenvalue weighted by molar-refractivity contribution is 5.93. The Hall–Kier alpha value is -1.10. The van der Waals surface area contributed by atoms with Gasteiger partial charge in [0.25, 0.3) is 0 Å². The van der Waals surface area contributed by atoms with Crippen LogP contribution in [0, 0.1) is 5.92 Å². The van der Waals surface area contributed by atoms with Gasteiger partial charge in [0.1, 0.15) is 5.54 Å². The number of piperidine rings is 3. The summed E-state index contributed by atoms with van der Waals surface area (Å²) in [5.41, 5.74) is -0.723. The predicted molar refractivity (Wildman–Crippen MR) is 76.1 cm³/mol. The summed E-state index contributed by atoms with van der Waals surface area (Å²) in [5.74, 6) is 0.745. The largest absolute Gasteiger partial charge is 0.342 e. The van der Waals surface area contributed by atoms with E-state index in [1.54, 1.807) is 0 Å². The summed E-state index contributed by atoms with van der Waals surface area (Å²) in [7, 11) is 0. The summed E-state index contributed by atoms with van der Waals surface area (Å²) in [6.07, 6.45) is 3.47. The average Bonchev–Trinajstić information content (AvgIpc) is 2.58. The summed E-state index contributed by atoms with van der Waals surface area (Å²) in [6.45, 7) is 7.75. The minimum Gasteiger partial charge on any atom is -0.342 e. The summed E-state index contributed by atoms with van der Waals surface area (Å²) < 4.78 is 0. The van der Waals surface area contributed by atoms with E-state index in [0.717, 1.165) is 6.54 Å². The topological polar surface area (TPSA) is 52.7 Å². The molecule has 2 bridgehead atoms. The molecule has 2 unspecified atom stereocenters. The summed E-state index contributed by atoms with van der Waals surface area (Å²) >= 11 is 0. The van der Waals surface area contributed by atoms with E-state index in [-0.39, 0.29) is 11.8 Å². The monoisotopic (exact) mass is 279 g/mol. The number of carbonyl (C=O) groups excluding carboxylic acids is 2. The molecule has 0 radical (unpaired) electrons. The van der Waals surface area contributed by atoms with Crippen LogP contribution in [-0.4, -0.2) is 59.4 Å². The Morgan fingerprint density at radius 2 is 1.95 bits per heavy atom. The van der Waals surface area contributed by atoms with Gasteiger partial charge in [0.05, 0.1) is 0 Å². The zero-order valence-corrected chi connectivity index (χ0v) is 12.5. The number of rotatable bonds is 2. The van der Waals surface area contributed by atoms with Crippen LogP contribution in [0.2, 0.25) is 0 Å². The number of hydrogen-bond donors (Lipinski definition) is 1. The predicted octanol–water partition coefficient (Wildman–Crippen LogP) is 0.598. The van der Waals surface area contributed by atoms with Crippen molar-refractivity contribution < 1.29 is 9.59 Å². The van der Waals surface area contributed by atoms with Crippen molar-refractivity contribution in [1.82, 2.24) is 15.1 Å². The molecule has 5 heteroatoms. The van der Waals surface area contributed by atoms with Gasteiger partial charge in [-0.1, -0.05) is 6.92 Å². The van der Waals surface area contributed by atoms with Gasteiger partial charge in [-0.15, -0.1) is 0 Å². The molecule has 0 aromatic rings. The Bertz CT molecular complexity index is 417. The second-order valence-electron chi connectivity index (χ2n) is 6.69. The van der Waals surface area contributed by atoms with Crippen LogP contribution in [0.1, 0.15) is 39.5 Å². The van der Waals surface area contributed by atoms with Crippen molar-refractivity contribution >= 4 is 11.8 Å². The van der Waals surface area contributed by atoms with Crippen LogP contribution in [0.15, 0.2) is 0 Å². The normalized spacial score (nSPS) is 41.5. The van der Waals surface area contributed by atoms with Crippen molar-refractivity contribution in [2.45, 2.75) is 51.1 Å². The molecular formula is C15H25N3O2. The minimum atomic E-state index is -0.723. The molecule has 4 fully saturated rings. The molecule has 4 aliphatic rings. The first-order valence-electron chi connectivity index (χ1n) is 7.88. The Morgan fingerprint density at radius 3 is 2.50 bits per heavy atom. The first-order chi connectivity index (χ1) is 9.53. The average molecular weight is 279 g/mol. The lowest BCUT2D eigenvalue weighted by molar-refractivity contribution is -0.144. The van der Waals surface area contributed by atoms with Gasteiger partial charge in [-0.05, 0) is 45.2 Å². The van der Waals surface area contributed by atoms with Crippen LogP contribution >= 0.6 is 0 Å². The Labute approximate surface area is 120 Å². The fourth-order valence-corrected chi connectivity index (χ4v) is 3.91. The molecule has 1 N–H and O–H groups in total. The summed E-state index contributed by atoms with van der Waals surface area (Å²) in [4.78, 5) is 29.3. The smallest absolute Gasteiger partial charge is 0.248 e. The maximum Gasteiger partial charge on any atom is 0.248 e. The standard InChI is InChI=1S/C15H25N3O2/c1-3-15(2)14(20)18(9-6-13(19)16-15)12-10-17-7-4-11(12)5-8-17/h11-12H,3-10H2,1-2H3,(H,16,19). The fraction of sp³-hybridized carbons (Fsp3) is 0.867. The SMILES string of the molecule is CCC1(C)NC(=O)CCN(C2CN3CCC2CC3)C1=O. The number of amides is 2. The van der Waals surface area contributed by atoms with Crippen molar-refractivity contribution in [1.29, 1.82) is 0 Å². The molecule has 4 aliphatic heterocycles. The molecule has 2 atom stereocenters. The molecule has 0 aliphatic carbocycles. The van der Waals surface area contributed by atoms with Crippen LogP contribution in [0.25, 0.3) is 0 Å². The zero-order valence-electron chi connectivity index (χ0n) is 12.5. The van der Waals surface area contributed by atoms with Gasteiger partial charge >= 0.3 is 0 Å². The third kappa shape index (κ3) is 2.22. The second kappa shape index (κ2) is 5.02. The molecule has 5 nitrogen and oxygen atoms in total. The van der Waals surface area contributed by atoms with Crippen molar-refractivity contribution in [3.63, 3.8) is 0 Å². The highest BCUT2D eigenvalue weighted by atomic mass is 16.2. The van der Waals surface area contributed by atoms with Crippen LogP contribution < -0.4 is 5.32 Å². The lowest BCUT2D eigenvalue weighted by Crippen LogP contribution is -2.63.